The summed E-state index contributed by atoms with van der Waals surface area (Å²) in [6, 6.07) is 3.81. The van der Waals surface area contributed by atoms with E-state index in [0.717, 1.165) is 0 Å². The van der Waals surface area contributed by atoms with Gasteiger partial charge in [-0.05, 0) is 36.1 Å². The fraction of sp³-hybridized carbons (Fsp3) is 0.450. The number of amides is 2. The van der Waals surface area contributed by atoms with Crippen molar-refractivity contribution >= 4 is 28.7 Å². The number of hydrogen-bond acceptors (Lipinski definition) is 3. The van der Waals surface area contributed by atoms with Gasteiger partial charge in [0.05, 0.1) is 0 Å². The molecule has 0 radical (unpaired) electrons. The third-order valence-corrected chi connectivity index (χ3v) is 4.70. The average molecular weight is 391 g/mol. The van der Waals surface area contributed by atoms with Gasteiger partial charge < -0.3 is 20.3 Å². The van der Waals surface area contributed by atoms with E-state index in [-0.39, 0.29) is 17.5 Å². The van der Waals surface area contributed by atoms with Crippen LogP contribution in [0.25, 0.3) is 10.9 Å². The number of nitrogens with one attached hydrogen (secondary N) is 2. The summed E-state index contributed by atoms with van der Waals surface area (Å²) in [5.74, 6) is -3.17. The molecule has 2 aromatic rings. The Balaban J connectivity index is 2.24. The Bertz CT molecular complexity index is 904. The summed E-state index contributed by atoms with van der Waals surface area (Å²) < 4.78 is 15.1. The zero-order valence-corrected chi connectivity index (χ0v) is 16.6. The van der Waals surface area contributed by atoms with Gasteiger partial charge in [-0.3, -0.25) is 9.59 Å². The number of carboxylic acids is 1. The van der Waals surface area contributed by atoms with Crippen LogP contribution in [0.4, 0.5) is 4.39 Å². The molecule has 0 aliphatic heterocycles. The maximum absolute atomic E-state index is 13.4. The summed E-state index contributed by atoms with van der Waals surface area (Å²) in [5, 5.41) is 15.0. The van der Waals surface area contributed by atoms with Gasteiger partial charge in [-0.25, -0.2) is 9.18 Å². The molecule has 0 spiro atoms. The van der Waals surface area contributed by atoms with Crippen LogP contribution >= 0.6 is 0 Å². The second-order valence-corrected chi connectivity index (χ2v) is 7.56. The molecule has 0 aliphatic carbocycles. The Labute approximate surface area is 162 Å². The van der Waals surface area contributed by atoms with E-state index >= 15 is 0 Å². The topological polar surface area (TPSA) is 100 Å². The molecule has 2 rings (SSSR count). The molecule has 152 valence electrons. The first kappa shape index (κ1) is 21.4. The Morgan fingerprint density at radius 3 is 2.14 bits per heavy atom. The molecule has 3 N–H and O–H groups in total. The van der Waals surface area contributed by atoms with Crippen molar-refractivity contribution in [1.82, 2.24) is 15.2 Å². The minimum Gasteiger partial charge on any atom is -0.480 e. The van der Waals surface area contributed by atoms with Gasteiger partial charge in [0, 0.05) is 18.0 Å². The summed E-state index contributed by atoms with van der Waals surface area (Å²) in [7, 11) is 1.68. The molecule has 0 bridgehead atoms. The van der Waals surface area contributed by atoms with Gasteiger partial charge in [0.15, 0.2) is 0 Å². The van der Waals surface area contributed by atoms with Crippen LogP contribution in [-0.2, 0) is 16.6 Å². The van der Waals surface area contributed by atoms with Gasteiger partial charge >= 0.3 is 5.97 Å². The molecule has 1 aromatic heterocycles. The van der Waals surface area contributed by atoms with E-state index in [1.807, 2.05) is 0 Å². The minimum atomic E-state index is -1.13. The number of carbonyl (C=O) groups excluding carboxylic acids is 2. The van der Waals surface area contributed by atoms with Crippen LogP contribution in [-0.4, -0.2) is 39.5 Å². The van der Waals surface area contributed by atoms with Crippen LogP contribution in [0.3, 0.4) is 0 Å². The molecule has 0 fully saturated rings. The summed E-state index contributed by atoms with van der Waals surface area (Å²) in [4.78, 5) is 36.7. The Kier molecular flexibility index (Phi) is 6.43. The number of benzene rings is 1. The fourth-order valence-corrected chi connectivity index (χ4v) is 3.04. The number of aromatic nitrogens is 1. The Morgan fingerprint density at radius 2 is 1.61 bits per heavy atom. The van der Waals surface area contributed by atoms with Crippen LogP contribution < -0.4 is 10.6 Å². The number of aryl methyl sites for hydroxylation is 1. The Morgan fingerprint density at radius 1 is 1.00 bits per heavy atom. The first-order valence-electron chi connectivity index (χ1n) is 9.12. The first-order chi connectivity index (χ1) is 13.0. The summed E-state index contributed by atoms with van der Waals surface area (Å²) >= 11 is 0. The van der Waals surface area contributed by atoms with Crippen molar-refractivity contribution in [3.8, 4) is 0 Å². The number of aliphatic carboxylic acids is 1. The van der Waals surface area contributed by atoms with Gasteiger partial charge in [-0.2, -0.15) is 0 Å². The quantitative estimate of drug-likeness (QED) is 0.674. The number of carboxylic acid groups (broad SMARTS) is 1. The molecule has 7 nitrogen and oxygen atoms in total. The van der Waals surface area contributed by atoms with Crippen LogP contribution in [0.15, 0.2) is 24.3 Å². The van der Waals surface area contributed by atoms with Crippen molar-refractivity contribution in [3.63, 3.8) is 0 Å². The fourth-order valence-electron chi connectivity index (χ4n) is 3.04. The normalized spacial score (nSPS) is 13.6. The number of nitrogens with zero attached hydrogens (tertiary/aromatic N) is 1. The number of hydrogen-bond donors (Lipinski definition) is 3. The van der Waals surface area contributed by atoms with E-state index in [0.29, 0.717) is 10.9 Å². The second kappa shape index (κ2) is 8.41. The number of rotatable bonds is 7. The molecular weight excluding hydrogens is 365 g/mol. The van der Waals surface area contributed by atoms with Crippen molar-refractivity contribution in [2.75, 3.05) is 0 Å². The van der Waals surface area contributed by atoms with E-state index in [9.17, 15) is 23.9 Å². The lowest BCUT2D eigenvalue weighted by Gasteiger charge is -2.25. The zero-order valence-electron chi connectivity index (χ0n) is 16.6. The lowest BCUT2D eigenvalue weighted by atomic mass is 10.00. The van der Waals surface area contributed by atoms with Crippen molar-refractivity contribution in [1.29, 1.82) is 0 Å². The van der Waals surface area contributed by atoms with E-state index in [1.54, 1.807) is 51.4 Å². The monoisotopic (exact) mass is 391 g/mol. The highest BCUT2D eigenvalue weighted by Gasteiger charge is 2.30. The molecule has 1 heterocycles. The van der Waals surface area contributed by atoms with E-state index in [2.05, 4.69) is 10.6 Å². The van der Waals surface area contributed by atoms with E-state index < -0.39 is 35.7 Å². The van der Waals surface area contributed by atoms with Crippen LogP contribution in [0.2, 0.25) is 0 Å². The molecule has 0 aliphatic rings. The largest absolute Gasteiger partial charge is 0.480 e. The smallest absolute Gasteiger partial charge is 0.326 e. The molecule has 2 atom stereocenters. The standard InChI is InChI=1S/C20H26FN3O4/c1-10(2)16(19(26)23-17(11(3)4)20(27)28)22-18(25)15-9-12-8-13(21)6-7-14(12)24(15)5/h6-11,16-17H,1-5H3,(H,22,25)(H,23,26)(H,27,28). The second-order valence-electron chi connectivity index (χ2n) is 7.56. The van der Waals surface area contributed by atoms with Crippen LogP contribution in [0, 0.1) is 17.7 Å². The molecule has 8 heteroatoms. The Hall–Kier alpha value is -2.90. The molecule has 0 saturated carbocycles. The van der Waals surface area contributed by atoms with Gasteiger partial charge in [-0.1, -0.05) is 27.7 Å². The van der Waals surface area contributed by atoms with Crippen LogP contribution in [0.5, 0.6) is 0 Å². The lowest BCUT2D eigenvalue weighted by molar-refractivity contribution is -0.143. The SMILES string of the molecule is CC(C)C(NC(=O)C(NC(=O)c1cc2cc(F)ccc2n1C)C(C)C)C(=O)O. The average Bonchev–Trinajstić information content (AvgIpc) is 2.92. The molecule has 2 unspecified atom stereocenters. The molecule has 1 aromatic carbocycles. The van der Waals surface area contributed by atoms with E-state index in [4.69, 9.17) is 0 Å². The predicted molar refractivity (Wildman–Crippen MR) is 103 cm³/mol. The predicted octanol–water partition coefficient (Wildman–Crippen LogP) is 2.30. The van der Waals surface area contributed by atoms with E-state index in [1.165, 1.54) is 12.1 Å². The maximum atomic E-state index is 13.4. The van der Waals surface area contributed by atoms with Gasteiger partial charge in [0.25, 0.3) is 5.91 Å². The minimum absolute atomic E-state index is 0.266. The maximum Gasteiger partial charge on any atom is 0.326 e. The number of fused-ring (bicyclic) bond motifs is 1. The number of halogens is 1. The first-order valence-corrected chi connectivity index (χ1v) is 9.12. The van der Waals surface area contributed by atoms with Crippen molar-refractivity contribution < 1.29 is 23.9 Å². The lowest BCUT2D eigenvalue weighted by Crippen LogP contribution is -2.55. The van der Waals surface area contributed by atoms with Crippen LogP contribution in [0.1, 0.15) is 38.2 Å². The van der Waals surface area contributed by atoms with Crippen molar-refractivity contribution in [3.05, 3.63) is 35.8 Å². The van der Waals surface area contributed by atoms with Crippen molar-refractivity contribution in [2.24, 2.45) is 18.9 Å². The number of carbonyl (C=O) groups is 3. The van der Waals surface area contributed by atoms with Crippen molar-refractivity contribution in [2.45, 2.75) is 39.8 Å². The van der Waals surface area contributed by atoms with Gasteiger partial charge in [0.2, 0.25) is 5.91 Å². The highest BCUT2D eigenvalue weighted by molar-refractivity contribution is 6.01. The summed E-state index contributed by atoms with van der Waals surface area (Å²) in [5.41, 5.74) is 0.959. The third-order valence-electron chi connectivity index (χ3n) is 4.70. The highest BCUT2D eigenvalue weighted by atomic mass is 19.1. The third kappa shape index (κ3) is 4.49. The molecule has 2 amide bonds. The van der Waals surface area contributed by atoms with Gasteiger partial charge in [-0.15, -0.1) is 0 Å². The zero-order chi connectivity index (χ0) is 21.2. The summed E-state index contributed by atoms with van der Waals surface area (Å²) in [6.45, 7) is 6.90. The van der Waals surface area contributed by atoms with Gasteiger partial charge in [0.1, 0.15) is 23.6 Å². The highest BCUT2D eigenvalue weighted by Crippen LogP contribution is 2.20. The molecule has 28 heavy (non-hydrogen) atoms. The molecule has 0 saturated heterocycles. The summed E-state index contributed by atoms with van der Waals surface area (Å²) in [6.07, 6.45) is 0. The molecular formula is C20H26FN3O4.